The Morgan fingerprint density at radius 1 is 0.342 bits per heavy atom. The molecule has 0 aliphatic carbocycles. The van der Waals surface area contributed by atoms with E-state index >= 15 is 8.78 Å². The molecule has 0 aliphatic rings. The molecule has 0 spiro atoms. The Balaban J connectivity index is 2.76. The number of halogens is 17. The van der Waals surface area contributed by atoms with Crippen molar-refractivity contribution in [2.75, 3.05) is 0 Å². The van der Waals surface area contributed by atoms with Crippen molar-refractivity contribution in [1.29, 1.82) is 0 Å². The van der Waals surface area contributed by atoms with E-state index in [0.29, 0.717) is 24.3 Å². The normalized spacial score (nSPS) is 15.4. The summed E-state index contributed by atoms with van der Waals surface area (Å²) in [5.41, 5.74) is 0. The molecule has 0 nitrogen and oxygen atoms in total. The monoisotopic (exact) mass is 704 g/mol. The molecule has 0 heterocycles. The second kappa shape index (κ2) is 9.60. The van der Waals surface area contributed by atoms with Crippen molar-refractivity contribution in [3.63, 3.8) is 0 Å². The minimum absolute atomic E-state index is 0.669. The molecule has 0 radical (unpaired) electrons. The Morgan fingerprint density at radius 3 is 0.895 bits per heavy atom. The van der Waals surface area contributed by atoms with Gasteiger partial charge in [0.2, 0.25) is 0 Å². The van der Waals surface area contributed by atoms with Gasteiger partial charge in [-0.05, 0) is 0 Å². The summed E-state index contributed by atoms with van der Waals surface area (Å²) >= 11 is -5.88. The van der Waals surface area contributed by atoms with Crippen molar-refractivity contribution in [2.24, 2.45) is 0 Å². The zero-order valence-corrected chi connectivity index (χ0v) is 20.2. The maximum atomic E-state index is 15.1. The van der Waals surface area contributed by atoms with E-state index in [2.05, 4.69) is 0 Å². The van der Waals surface area contributed by atoms with E-state index in [1.165, 1.54) is 0 Å². The van der Waals surface area contributed by atoms with Crippen LogP contribution in [0.25, 0.3) is 0 Å². The number of hydrogen-bond donors (Lipinski definition) is 0. The van der Waals surface area contributed by atoms with Crippen molar-refractivity contribution in [1.82, 2.24) is 0 Å². The van der Waals surface area contributed by atoms with Crippen LogP contribution in [0.3, 0.4) is 0 Å². The van der Waals surface area contributed by atoms with Crippen LogP contribution in [-0.4, -0.2) is 65.2 Å². The van der Waals surface area contributed by atoms with Gasteiger partial charge in [0.05, 0.1) is 0 Å². The summed E-state index contributed by atoms with van der Waals surface area (Å²) in [6.45, 7) is 0. The van der Waals surface area contributed by atoms with Crippen molar-refractivity contribution in [2.45, 2.75) is 45.7 Å². The molecule has 38 heavy (non-hydrogen) atoms. The summed E-state index contributed by atoms with van der Waals surface area (Å²) in [4.78, 5) is 0. The van der Waals surface area contributed by atoms with Crippen LogP contribution in [0.2, 0.25) is 0 Å². The molecule has 0 atom stereocenters. The summed E-state index contributed by atoms with van der Waals surface area (Å²) in [5.74, 6) is -49.9. The predicted octanol–water partition coefficient (Wildman–Crippen LogP) is 6.58. The van der Waals surface area contributed by atoms with E-state index in [0.717, 1.165) is 36.4 Å². The van der Waals surface area contributed by atoms with Gasteiger partial charge in [0.1, 0.15) is 0 Å². The summed E-state index contributed by atoms with van der Waals surface area (Å²) in [6.07, 6.45) is -7.78. The van der Waals surface area contributed by atoms with Crippen molar-refractivity contribution < 1.29 is 74.6 Å². The van der Waals surface area contributed by atoms with Crippen LogP contribution < -0.4 is 7.22 Å². The standard InChI is InChI=1S/C20H11F17Te/c21-13(22,15(25,26)17(29,30)19(33,34)35)14(23,24)16(27,28)18(31,32)20(36,37)38(11-7-3-1-4-8-11)12-9-5-2-6-10-12/h1-10,38H. The van der Waals surface area contributed by atoms with Gasteiger partial charge < -0.3 is 0 Å². The SMILES string of the molecule is FC(F)(F)C(F)(F)C(F)(F)C(F)(F)C(F)(F)C(F)(F)C(F)(F)C(F)(F)[TeH](c1ccccc1)c1ccccc1. The van der Waals surface area contributed by atoms with E-state index in [9.17, 15) is 65.9 Å². The summed E-state index contributed by atoms with van der Waals surface area (Å²) in [7, 11) is 0. The second-order valence-electron chi connectivity index (χ2n) is 7.49. The van der Waals surface area contributed by atoms with E-state index in [-0.39, 0.29) is 0 Å². The van der Waals surface area contributed by atoms with E-state index < -0.39 is 72.5 Å². The molecule has 0 fully saturated rings. The number of hydrogen-bond acceptors (Lipinski definition) is 0. The van der Waals surface area contributed by atoms with Crippen LogP contribution in [0.1, 0.15) is 0 Å². The molecular weight excluding hydrogens is 691 g/mol. The van der Waals surface area contributed by atoms with Gasteiger partial charge in [-0.25, -0.2) is 0 Å². The molecule has 0 saturated carbocycles. The molecule has 0 amide bonds. The first-order valence-electron chi connectivity index (χ1n) is 9.45. The molecule has 0 aromatic heterocycles. The number of rotatable bonds is 9. The van der Waals surface area contributed by atoms with Crippen LogP contribution in [0.4, 0.5) is 74.6 Å². The van der Waals surface area contributed by atoms with Crippen molar-refractivity contribution in [3.05, 3.63) is 60.7 Å². The maximum absolute atomic E-state index is 15.1. The van der Waals surface area contributed by atoms with Crippen LogP contribution in [-0.2, 0) is 0 Å². The molecule has 18 heteroatoms. The fraction of sp³-hybridized carbons (Fsp3) is 0.400. The van der Waals surface area contributed by atoms with Gasteiger partial charge in [0.15, 0.2) is 0 Å². The molecule has 2 rings (SSSR count). The third-order valence-corrected chi connectivity index (χ3v) is 12.1. The summed E-state index contributed by atoms with van der Waals surface area (Å²) < 4.78 is 225. The molecule has 0 aliphatic heterocycles. The molecule has 216 valence electrons. The van der Waals surface area contributed by atoms with Gasteiger partial charge in [0.25, 0.3) is 0 Å². The van der Waals surface area contributed by atoms with Gasteiger partial charge in [-0.1, -0.05) is 0 Å². The van der Waals surface area contributed by atoms with E-state index in [4.69, 9.17) is 0 Å². The Labute approximate surface area is 208 Å². The van der Waals surface area contributed by atoms with Crippen LogP contribution >= 0.6 is 0 Å². The Morgan fingerprint density at radius 2 is 0.605 bits per heavy atom. The third-order valence-electron chi connectivity index (χ3n) is 5.02. The zero-order valence-electron chi connectivity index (χ0n) is 17.6. The molecule has 0 unspecified atom stereocenters. The van der Waals surface area contributed by atoms with Gasteiger partial charge >= 0.3 is 208 Å². The quantitative estimate of drug-likeness (QED) is 0.205. The van der Waals surface area contributed by atoms with E-state index in [1.807, 2.05) is 0 Å². The van der Waals surface area contributed by atoms with Crippen molar-refractivity contribution in [3.8, 4) is 0 Å². The summed E-state index contributed by atoms with van der Waals surface area (Å²) in [6, 6.07) is 8.60. The van der Waals surface area contributed by atoms with Crippen LogP contribution in [0.5, 0.6) is 0 Å². The molecule has 2 aromatic rings. The first-order valence-corrected chi connectivity index (χ1v) is 13.3. The van der Waals surface area contributed by atoms with E-state index in [1.54, 1.807) is 0 Å². The van der Waals surface area contributed by atoms with Gasteiger partial charge in [0, 0.05) is 0 Å². The first-order chi connectivity index (χ1) is 16.8. The van der Waals surface area contributed by atoms with Crippen LogP contribution in [0.15, 0.2) is 60.7 Å². The number of benzene rings is 2. The van der Waals surface area contributed by atoms with Crippen molar-refractivity contribution >= 4 is 26.8 Å². The second-order valence-corrected chi connectivity index (χ2v) is 14.0. The fourth-order valence-electron chi connectivity index (χ4n) is 2.92. The molecule has 0 bridgehead atoms. The number of alkyl halides is 17. The fourth-order valence-corrected chi connectivity index (χ4v) is 9.51. The van der Waals surface area contributed by atoms with Gasteiger partial charge in [-0.3, -0.25) is 0 Å². The van der Waals surface area contributed by atoms with Crippen LogP contribution in [0, 0.1) is 0 Å². The molecular formula is C20H11F17Te. The molecule has 0 saturated heterocycles. The zero-order chi connectivity index (χ0) is 29.8. The topological polar surface area (TPSA) is 0 Å². The average molecular weight is 702 g/mol. The predicted molar refractivity (Wildman–Crippen MR) is 100.0 cm³/mol. The van der Waals surface area contributed by atoms with Gasteiger partial charge in [-0.2, -0.15) is 0 Å². The molecule has 0 N–H and O–H groups in total. The summed E-state index contributed by atoms with van der Waals surface area (Å²) in [5, 5.41) is 0. The average Bonchev–Trinajstić information content (AvgIpc) is 2.79. The van der Waals surface area contributed by atoms with Gasteiger partial charge in [-0.15, -0.1) is 0 Å². The minimum atomic E-state index is -8.64. The Bertz CT molecular complexity index is 1050. The third kappa shape index (κ3) is 4.48. The Kier molecular flexibility index (Phi) is 8.15. The first kappa shape index (κ1) is 32.3. The molecule has 2 aromatic carbocycles. The Hall–Kier alpha value is -1.96.